The number of hydrogen-bond acceptors (Lipinski definition) is 10. The third kappa shape index (κ3) is 7.06. The van der Waals surface area contributed by atoms with Gasteiger partial charge in [-0.1, -0.05) is 18.1 Å². The summed E-state index contributed by atoms with van der Waals surface area (Å²) in [5.41, 5.74) is -4.91. The minimum atomic E-state index is -4.96. The average Bonchev–Trinajstić information content (AvgIpc) is 3.68. The number of aromatic nitrogens is 5. The van der Waals surface area contributed by atoms with Gasteiger partial charge in [-0.3, -0.25) is 9.21 Å². The molecule has 3 heterocycles. The molecule has 254 valence electrons. The van der Waals surface area contributed by atoms with Crippen LogP contribution in [0.4, 0.5) is 22.0 Å². The molecule has 19 heteroatoms. The number of carboxylic acid groups (broad SMARTS) is 1. The number of fused-ring (bicyclic) bond motifs is 1. The molecule has 48 heavy (non-hydrogen) atoms. The maximum atomic E-state index is 14.5. The monoisotopic (exact) mass is 696 g/mol. The second-order valence-corrected chi connectivity index (χ2v) is 11.6. The van der Waals surface area contributed by atoms with Gasteiger partial charge in [0, 0.05) is 11.6 Å². The van der Waals surface area contributed by atoms with Gasteiger partial charge in [0.2, 0.25) is 0 Å². The second kappa shape index (κ2) is 13.4. The van der Waals surface area contributed by atoms with Crippen molar-refractivity contribution in [3.05, 3.63) is 77.8 Å². The fourth-order valence-electron chi connectivity index (χ4n) is 4.88. The Morgan fingerprint density at radius 2 is 1.79 bits per heavy atom. The van der Waals surface area contributed by atoms with Crippen molar-refractivity contribution in [3.63, 3.8) is 0 Å². The van der Waals surface area contributed by atoms with Gasteiger partial charge in [-0.2, -0.15) is 18.3 Å². The third-order valence-electron chi connectivity index (χ3n) is 7.09. The Balaban J connectivity index is 1.63. The zero-order valence-corrected chi connectivity index (χ0v) is 25.5. The van der Waals surface area contributed by atoms with E-state index in [9.17, 15) is 36.4 Å². The van der Waals surface area contributed by atoms with Gasteiger partial charge in [-0.15, -0.1) is 0 Å². The largest absolute Gasteiger partial charge is 0.547 e. The first-order chi connectivity index (χ1) is 22.6. The van der Waals surface area contributed by atoms with Gasteiger partial charge in [0.1, 0.15) is 22.8 Å². The number of hydrogen-bond donors (Lipinski definition) is 2. The van der Waals surface area contributed by atoms with E-state index in [0.717, 1.165) is 41.3 Å². The number of aliphatic carboxylic acids is 1. The summed E-state index contributed by atoms with van der Waals surface area (Å²) >= 11 is 0. The molecule has 2 aromatic carbocycles. The van der Waals surface area contributed by atoms with E-state index in [-0.39, 0.29) is 41.6 Å². The number of carboxylic acids is 1. The van der Waals surface area contributed by atoms with Gasteiger partial charge in [0.15, 0.2) is 28.8 Å². The highest BCUT2D eigenvalue weighted by Crippen LogP contribution is 2.42. The second-order valence-electron chi connectivity index (χ2n) is 10.3. The van der Waals surface area contributed by atoms with Crippen LogP contribution < -0.4 is 9.84 Å². The molecule has 0 fully saturated rings. The van der Waals surface area contributed by atoms with Crippen LogP contribution in [0.25, 0.3) is 34.0 Å². The lowest BCUT2D eigenvalue weighted by Crippen LogP contribution is -2.52. The predicted molar refractivity (Wildman–Crippen MR) is 152 cm³/mol. The van der Waals surface area contributed by atoms with Crippen molar-refractivity contribution in [2.45, 2.75) is 37.9 Å². The predicted octanol–water partition coefficient (Wildman–Crippen LogP) is 4.57. The highest BCUT2D eigenvalue weighted by Gasteiger charge is 2.42. The van der Waals surface area contributed by atoms with Crippen molar-refractivity contribution < 1.29 is 60.0 Å². The van der Waals surface area contributed by atoms with Crippen molar-refractivity contribution in [3.8, 4) is 39.8 Å². The first-order valence-electron chi connectivity index (χ1n) is 14.0. The molecule has 0 saturated carbocycles. The van der Waals surface area contributed by atoms with E-state index in [1.165, 1.54) is 18.2 Å². The number of ether oxygens (including phenoxy) is 1. The molecule has 0 radical (unpaired) electrons. The van der Waals surface area contributed by atoms with Gasteiger partial charge >= 0.3 is 14.0 Å². The molecule has 2 N–H and O–H groups in total. The smallest absolute Gasteiger partial charge is 0.469 e. The third-order valence-corrected chi connectivity index (χ3v) is 7.61. The maximum Gasteiger partial charge on any atom is 0.469 e. The summed E-state index contributed by atoms with van der Waals surface area (Å²) in [4.78, 5) is 39.4. The number of imidazole rings is 1. The van der Waals surface area contributed by atoms with Gasteiger partial charge in [0.05, 0.1) is 42.7 Å². The molecule has 2 aliphatic heterocycles. The number of carbonyl (C=O) groups excluding carboxylic acids is 1. The number of carbonyl (C=O) groups is 1. The molecule has 5 rings (SSSR count). The van der Waals surface area contributed by atoms with Crippen molar-refractivity contribution in [2.75, 3.05) is 13.2 Å². The lowest BCUT2D eigenvalue weighted by Gasteiger charge is -2.34. The Morgan fingerprint density at radius 1 is 1.04 bits per heavy atom. The molecular formula is C29H24F5N5O8P-. The lowest BCUT2D eigenvalue weighted by atomic mass is 9.89. The van der Waals surface area contributed by atoms with E-state index >= 15 is 0 Å². The van der Waals surface area contributed by atoms with E-state index < -0.39 is 72.8 Å². The molecule has 0 aliphatic carbocycles. The molecule has 1 atom stereocenters. The standard InChI is InChI=1S/C29H25F5N5O8P/c1-2-10-45-16-7-8-17(19(12-16)29(32,33)34)21-13-24(47-38-21)28(27(40)41,9-4-11-46-48(42,43)44)39-15-23-22(14-35-39)36-26(37-23)18-5-3-6-20(30)25(18)31/h3,5-8,12-15H,2,4,9-11H2,1H3,(H,40,41)(H2,42,43,44)/p-1. The fourth-order valence-corrected chi connectivity index (χ4v) is 5.24. The van der Waals surface area contributed by atoms with Gasteiger partial charge in [-0.25, -0.2) is 23.3 Å². The van der Waals surface area contributed by atoms with Crippen LogP contribution >= 0.6 is 7.82 Å². The molecule has 1 unspecified atom stereocenters. The zero-order chi connectivity index (χ0) is 34.9. The van der Waals surface area contributed by atoms with E-state index in [4.69, 9.17) is 19.0 Å². The number of phosphoric acid groups is 1. The summed E-state index contributed by atoms with van der Waals surface area (Å²) in [6, 6.07) is 7.38. The fraction of sp³-hybridized carbons (Fsp3) is 0.276. The van der Waals surface area contributed by atoms with Crippen LogP contribution in [-0.2, 0) is 25.6 Å². The van der Waals surface area contributed by atoms with E-state index in [0.29, 0.717) is 6.42 Å². The van der Waals surface area contributed by atoms with Gasteiger partial charge in [0.25, 0.3) is 0 Å². The van der Waals surface area contributed by atoms with Crippen LogP contribution in [0, 0.1) is 11.6 Å². The first kappa shape index (κ1) is 34.6. The molecule has 0 bridgehead atoms. The summed E-state index contributed by atoms with van der Waals surface area (Å²) < 4.78 is 97.8. The SMILES string of the molecule is CCCOc1ccc(-c2cc(C(CCCOP(=O)(O)O)(C(=O)[O-])n3cc4nc(-c5cccc(F)c5F)nc-4cn3)on2)c(C(F)(F)F)c1. The molecular weight excluding hydrogens is 672 g/mol. The zero-order valence-electron chi connectivity index (χ0n) is 24.6. The Labute approximate surface area is 267 Å². The molecule has 0 spiro atoms. The van der Waals surface area contributed by atoms with Crippen LogP contribution in [0.5, 0.6) is 5.75 Å². The molecule has 1 aromatic heterocycles. The maximum absolute atomic E-state index is 14.5. The number of halogens is 5. The molecule has 2 aliphatic rings. The van der Waals surface area contributed by atoms with Crippen molar-refractivity contribution >= 4 is 13.8 Å². The van der Waals surface area contributed by atoms with E-state index in [2.05, 4.69) is 24.7 Å². The van der Waals surface area contributed by atoms with Crippen molar-refractivity contribution in [2.24, 2.45) is 0 Å². The van der Waals surface area contributed by atoms with Gasteiger partial charge in [-0.05, 0) is 49.6 Å². The van der Waals surface area contributed by atoms with E-state index in [1.807, 2.05) is 0 Å². The normalized spacial score (nSPS) is 13.5. The lowest BCUT2D eigenvalue weighted by molar-refractivity contribution is -0.317. The summed E-state index contributed by atoms with van der Waals surface area (Å²) in [5, 5.41) is 20.8. The van der Waals surface area contributed by atoms with Crippen LogP contribution in [0.1, 0.15) is 37.5 Å². The highest BCUT2D eigenvalue weighted by molar-refractivity contribution is 7.46. The van der Waals surface area contributed by atoms with Crippen molar-refractivity contribution in [1.82, 2.24) is 24.9 Å². The Bertz CT molecular complexity index is 1960. The average molecular weight is 697 g/mol. The summed E-state index contributed by atoms with van der Waals surface area (Å²) in [6.45, 7) is 1.27. The molecule has 0 saturated heterocycles. The van der Waals surface area contributed by atoms with Crippen LogP contribution in [-0.4, -0.2) is 53.9 Å². The Morgan fingerprint density at radius 3 is 2.48 bits per heavy atom. The molecule has 0 amide bonds. The summed E-state index contributed by atoms with van der Waals surface area (Å²) in [7, 11) is -4.96. The molecule has 13 nitrogen and oxygen atoms in total. The quantitative estimate of drug-likeness (QED) is 0.0994. The Hall–Kier alpha value is -4.77. The van der Waals surface area contributed by atoms with Crippen LogP contribution in [0.3, 0.4) is 0 Å². The first-order valence-corrected chi connectivity index (χ1v) is 15.6. The number of phosphoric ester groups is 1. The minimum Gasteiger partial charge on any atom is -0.547 e. The van der Waals surface area contributed by atoms with E-state index in [1.54, 1.807) is 6.92 Å². The number of alkyl halides is 3. The number of nitrogens with zero attached hydrogens (tertiary/aromatic N) is 5. The summed E-state index contributed by atoms with van der Waals surface area (Å²) in [5.74, 6) is -5.22. The van der Waals surface area contributed by atoms with Crippen LogP contribution in [0.2, 0.25) is 0 Å². The summed E-state index contributed by atoms with van der Waals surface area (Å²) in [6.07, 6.45) is -3.25. The topological polar surface area (TPSA) is 186 Å². The number of benzene rings is 2. The van der Waals surface area contributed by atoms with Gasteiger partial charge < -0.3 is 28.9 Å². The van der Waals surface area contributed by atoms with Crippen molar-refractivity contribution in [1.29, 1.82) is 0 Å². The minimum absolute atomic E-state index is 0.0282. The van der Waals surface area contributed by atoms with Crippen LogP contribution in [0.15, 0.2) is 59.4 Å². The Kier molecular flexibility index (Phi) is 9.64. The highest BCUT2D eigenvalue weighted by atomic mass is 31.2. The number of rotatable bonds is 13. The molecule has 3 aromatic rings.